The van der Waals surface area contributed by atoms with Gasteiger partial charge in [-0.1, -0.05) is 12.2 Å². The van der Waals surface area contributed by atoms with Crippen LogP contribution in [0.5, 0.6) is 17.2 Å². The SMILES string of the molecule is C=C(C)C(O)Cc1c(O)ccc2oc3c4c(cc(O)c3c(=O)c12)OC(C)(C)C=C4. The molecule has 29 heavy (non-hydrogen) atoms. The van der Waals surface area contributed by atoms with E-state index in [1.54, 1.807) is 6.92 Å². The molecule has 1 unspecified atom stereocenters. The fourth-order valence-corrected chi connectivity index (χ4v) is 3.56. The molecular weight excluding hydrogens is 372 g/mol. The Morgan fingerprint density at radius 3 is 2.62 bits per heavy atom. The topological polar surface area (TPSA) is 100 Å². The second kappa shape index (κ2) is 6.39. The summed E-state index contributed by atoms with van der Waals surface area (Å²) in [4.78, 5) is 13.3. The lowest BCUT2D eigenvalue weighted by molar-refractivity contribution is 0.158. The van der Waals surface area contributed by atoms with Crippen LogP contribution in [-0.4, -0.2) is 27.0 Å². The smallest absolute Gasteiger partial charge is 0.204 e. The number of phenols is 2. The molecule has 0 saturated carbocycles. The van der Waals surface area contributed by atoms with Gasteiger partial charge in [-0.05, 0) is 45.1 Å². The molecule has 0 spiro atoms. The molecule has 3 N–H and O–H groups in total. The van der Waals surface area contributed by atoms with Gasteiger partial charge >= 0.3 is 0 Å². The summed E-state index contributed by atoms with van der Waals surface area (Å²) in [6, 6.07) is 4.31. The van der Waals surface area contributed by atoms with Gasteiger partial charge in [-0.3, -0.25) is 4.79 Å². The van der Waals surface area contributed by atoms with Crippen LogP contribution < -0.4 is 10.2 Å². The van der Waals surface area contributed by atoms with Crippen LogP contribution in [0, 0.1) is 0 Å². The quantitative estimate of drug-likeness (QED) is 0.458. The van der Waals surface area contributed by atoms with Crippen molar-refractivity contribution in [1.82, 2.24) is 0 Å². The molecule has 0 aliphatic carbocycles. The Bertz CT molecular complexity index is 1260. The molecule has 6 heteroatoms. The zero-order valence-electron chi connectivity index (χ0n) is 16.4. The standard InChI is InChI=1S/C23H22O6/c1-11(2)15(25)9-13-14(24)5-6-17-19(13)21(27)20-16(26)10-18-12(22(20)28-17)7-8-23(3,4)29-18/h5-8,10,15,24-26H,1,9H2,2-4H3. The summed E-state index contributed by atoms with van der Waals surface area (Å²) in [5.41, 5.74) is 0.734. The van der Waals surface area contributed by atoms with Crippen molar-refractivity contribution in [3.8, 4) is 17.2 Å². The molecule has 4 rings (SSSR count). The van der Waals surface area contributed by atoms with Gasteiger partial charge < -0.3 is 24.5 Å². The number of aromatic hydroxyl groups is 2. The van der Waals surface area contributed by atoms with E-state index in [4.69, 9.17) is 9.15 Å². The van der Waals surface area contributed by atoms with Gasteiger partial charge in [0.25, 0.3) is 0 Å². The maximum atomic E-state index is 13.3. The molecule has 0 saturated heterocycles. The monoisotopic (exact) mass is 394 g/mol. The average molecular weight is 394 g/mol. The molecule has 150 valence electrons. The van der Waals surface area contributed by atoms with Gasteiger partial charge in [0, 0.05) is 18.1 Å². The lowest BCUT2D eigenvalue weighted by atomic mass is 9.96. The molecule has 1 atom stereocenters. The number of phenolic OH excluding ortho intramolecular Hbond substituents is 2. The highest BCUT2D eigenvalue weighted by atomic mass is 16.5. The minimum atomic E-state index is -0.933. The molecular formula is C23H22O6. The number of rotatable bonds is 3. The van der Waals surface area contributed by atoms with E-state index in [-0.39, 0.29) is 45.4 Å². The van der Waals surface area contributed by atoms with E-state index < -0.39 is 17.1 Å². The highest BCUT2D eigenvalue weighted by molar-refractivity contribution is 6.00. The Kier molecular flexibility index (Phi) is 4.20. The molecule has 6 nitrogen and oxygen atoms in total. The van der Waals surface area contributed by atoms with Gasteiger partial charge in [-0.25, -0.2) is 0 Å². The third kappa shape index (κ3) is 3.06. The van der Waals surface area contributed by atoms with E-state index in [9.17, 15) is 20.1 Å². The number of hydrogen-bond donors (Lipinski definition) is 3. The van der Waals surface area contributed by atoms with E-state index in [0.29, 0.717) is 16.9 Å². The Labute approximate surface area is 167 Å². The molecule has 0 amide bonds. The summed E-state index contributed by atoms with van der Waals surface area (Å²) < 4.78 is 11.9. The van der Waals surface area contributed by atoms with Crippen molar-refractivity contribution in [1.29, 1.82) is 0 Å². The second-order valence-electron chi connectivity index (χ2n) is 7.98. The number of fused-ring (bicyclic) bond motifs is 4. The van der Waals surface area contributed by atoms with Crippen molar-refractivity contribution in [2.45, 2.75) is 38.9 Å². The molecule has 1 aromatic heterocycles. The van der Waals surface area contributed by atoms with Crippen LogP contribution in [0.4, 0.5) is 0 Å². The highest BCUT2D eigenvalue weighted by Crippen LogP contribution is 2.41. The summed E-state index contributed by atoms with van der Waals surface area (Å²) in [7, 11) is 0. The van der Waals surface area contributed by atoms with Gasteiger partial charge in [-0.2, -0.15) is 0 Å². The first kappa shape index (κ1) is 19.1. The summed E-state index contributed by atoms with van der Waals surface area (Å²) in [5, 5.41) is 31.2. The molecule has 2 heterocycles. The fourth-order valence-electron chi connectivity index (χ4n) is 3.56. The van der Waals surface area contributed by atoms with E-state index in [2.05, 4.69) is 6.58 Å². The molecule has 0 bridgehead atoms. The van der Waals surface area contributed by atoms with Crippen LogP contribution in [0.1, 0.15) is 31.9 Å². The van der Waals surface area contributed by atoms with Crippen molar-refractivity contribution in [2.24, 2.45) is 0 Å². The summed E-state index contributed by atoms with van der Waals surface area (Å²) in [6.45, 7) is 9.14. The van der Waals surface area contributed by atoms with Gasteiger partial charge in [0.15, 0.2) is 5.58 Å². The van der Waals surface area contributed by atoms with Gasteiger partial charge in [0.2, 0.25) is 5.43 Å². The van der Waals surface area contributed by atoms with E-state index in [1.807, 2.05) is 26.0 Å². The summed E-state index contributed by atoms with van der Waals surface area (Å²) in [6.07, 6.45) is 2.72. The van der Waals surface area contributed by atoms with Crippen LogP contribution >= 0.6 is 0 Å². The third-order valence-corrected chi connectivity index (χ3v) is 5.17. The number of benzene rings is 2. The number of aliphatic hydroxyl groups excluding tert-OH is 1. The average Bonchev–Trinajstić information content (AvgIpc) is 2.62. The lowest BCUT2D eigenvalue weighted by Gasteiger charge is -2.28. The number of hydrogen-bond acceptors (Lipinski definition) is 6. The van der Waals surface area contributed by atoms with Crippen molar-refractivity contribution in [3.05, 3.63) is 57.8 Å². The van der Waals surface area contributed by atoms with E-state index >= 15 is 0 Å². The molecule has 3 aromatic rings. The number of ether oxygens (including phenoxy) is 1. The Morgan fingerprint density at radius 2 is 1.93 bits per heavy atom. The zero-order valence-corrected chi connectivity index (χ0v) is 16.4. The Morgan fingerprint density at radius 1 is 1.21 bits per heavy atom. The first-order valence-corrected chi connectivity index (χ1v) is 9.28. The van der Waals surface area contributed by atoms with E-state index in [1.165, 1.54) is 18.2 Å². The van der Waals surface area contributed by atoms with Crippen LogP contribution in [-0.2, 0) is 6.42 Å². The summed E-state index contributed by atoms with van der Waals surface area (Å²) >= 11 is 0. The van der Waals surface area contributed by atoms with Crippen LogP contribution in [0.25, 0.3) is 28.0 Å². The predicted octanol–water partition coefficient (Wildman–Crippen LogP) is 4.02. The molecule has 0 fully saturated rings. The van der Waals surface area contributed by atoms with Gasteiger partial charge in [0.05, 0.1) is 17.1 Å². The minimum absolute atomic E-state index is 0.000806. The van der Waals surface area contributed by atoms with Gasteiger partial charge in [-0.15, -0.1) is 0 Å². The third-order valence-electron chi connectivity index (χ3n) is 5.17. The van der Waals surface area contributed by atoms with E-state index in [0.717, 1.165) is 0 Å². The van der Waals surface area contributed by atoms with Crippen LogP contribution in [0.15, 0.2) is 45.6 Å². The molecule has 2 aromatic carbocycles. The normalized spacial score (nSPS) is 15.9. The van der Waals surface area contributed by atoms with Crippen molar-refractivity contribution < 1.29 is 24.5 Å². The van der Waals surface area contributed by atoms with Crippen LogP contribution in [0.3, 0.4) is 0 Å². The zero-order chi connectivity index (χ0) is 21.1. The van der Waals surface area contributed by atoms with Crippen molar-refractivity contribution in [3.63, 3.8) is 0 Å². The van der Waals surface area contributed by atoms with Crippen LogP contribution in [0.2, 0.25) is 0 Å². The minimum Gasteiger partial charge on any atom is -0.508 e. The Hall–Kier alpha value is -3.25. The maximum absolute atomic E-state index is 13.3. The largest absolute Gasteiger partial charge is 0.508 e. The lowest BCUT2D eigenvalue weighted by Crippen LogP contribution is -2.27. The molecule has 1 aliphatic rings. The highest BCUT2D eigenvalue weighted by Gasteiger charge is 2.27. The maximum Gasteiger partial charge on any atom is 0.204 e. The number of aliphatic hydroxyl groups is 1. The van der Waals surface area contributed by atoms with Crippen molar-refractivity contribution >= 4 is 28.0 Å². The van der Waals surface area contributed by atoms with Crippen molar-refractivity contribution in [2.75, 3.05) is 0 Å². The summed E-state index contributed by atoms with van der Waals surface area (Å²) in [5.74, 6) is 0.0174. The Balaban J connectivity index is 2.07. The fraction of sp³-hybridized carbons (Fsp3) is 0.261. The molecule has 1 aliphatic heterocycles. The second-order valence-corrected chi connectivity index (χ2v) is 7.98. The first-order valence-electron chi connectivity index (χ1n) is 9.28. The molecule has 0 radical (unpaired) electrons. The predicted molar refractivity (Wildman–Crippen MR) is 112 cm³/mol. The van der Waals surface area contributed by atoms with Gasteiger partial charge in [0.1, 0.15) is 33.8 Å². The first-order chi connectivity index (χ1) is 13.6.